The van der Waals surface area contributed by atoms with Crippen molar-refractivity contribution < 1.29 is 12.6 Å². The molecule has 0 radical (unpaired) electrons. The first-order valence-corrected chi connectivity index (χ1v) is 19.2. The minimum atomic E-state index is -2.62. The van der Waals surface area contributed by atoms with Crippen LogP contribution in [0.5, 0.6) is 0 Å². The molecule has 0 aliphatic carbocycles. The average Bonchev–Trinajstić information content (AvgIpc) is 3.56. The molecule has 1 aromatic heterocycles. The fraction of sp³-hybridized carbons (Fsp3) is 0.306. The molecule has 8 rings (SSSR count). The summed E-state index contributed by atoms with van der Waals surface area (Å²) in [7, 11) is 0. The third-order valence-electron chi connectivity index (χ3n) is 11.1. The zero-order valence-corrected chi connectivity index (χ0v) is 33.8. The number of halogens is 1. The van der Waals surface area contributed by atoms with Gasteiger partial charge in [-0.15, -0.1) is 0 Å². The van der Waals surface area contributed by atoms with Crippen molar-refractivity contribution in [2.75, 3.05) is 9.80 Å². The highest BCUT2D eigenvalue weighted by molar-refractivity contribution is 6.99. The van der Waals surface area contributed by atoms with Gasteiger partial charge in [0.15, 0.2) is 0 Å². The lowest BCUT2D eigenvalue weighted by atomic mass is 9.35. The van der Waals surface area contributed by atoms with Crippen LogP contribution in [0.2, 0.25) is 5.02 Å². The lowest BCUT2D eigenvalue weighted by molar-refractivity contribution is 0.590. The molecule has 2 aliphatic heterocycles. The molecule has 5 aromatic carbocycles. The van der Waals surface area contributed by atoms with Crippen molar-refractivity contribution in [3.8, 4) is 11.3 Å². The normalized spacial score (nSPS) is 16.0. The van der Waals surface area contributed by atoms with Crippen molar-refractivity contribution >= 4 is 69.0 Å². The van der Waals surface area contributed by atoms with Crippen molar-refractivity contribution in [3.63, 3.8) is 0 Å². The Hall–Kier alpha value is -4.67. The number of benzene rings is 5. The molecule has 2 aliphatic rings. The second-order valence-corrected chi connectivity index (χ2v) is 18.6. The summed E-state index contributed by atoms with van der Waals surface area (Å²) >= 11 is 7.21. The highest BCUT2D eigenvalue weighted by Gasteiger charge is 2.47. The maximum Gasteiger partial charge on any atom is 0.297 e. The van der Waals surface area contributed by atoms with E-state index in [2.05, 4.69) is 139 Å². The fourth-order valence-electron chi connectivity index (χ4n) is 8.19. The molecule has 0 spiro atoms. The Morgan fingerprint density at radius 1 is 0.574 bits per heavy atom. The van der Waals surface area contributed by atoms with Crippen LogP contribution in [0.4, 0.5) is 34.1 Å². The van der Waals surface area contributed by atoms with Gasteiger partial charge in [0.1, 0.15) is 5.76 Å². The van der Waals surface area contributed by atoms with E-state index in [0.29, 0.717) is 27.6 Å². The first-order valence-electron chi connectivity index (χ1n) is 21.8. The number of hydrogen-bond donors (Lipinski definition) is 0. The minimum Gasteiger partial charge on any atom is -0.468 e. The molecule has 5 heteroatoms. The summed E-state index contributed by atoms with van der Waals surface area (Å²) in [4.78, 5) is 4.48. The van der Waals surface area contributed by atoms with Gasteiger partial charge in [-0.1, -0.05) is 128 Å². The Balaban J connectivity index is 1.47. The predicted octanol–water partition coefficient (Wildman–Crippen LogP) is 12.5. The zero-order chi connectivity index (χ0) is 43.6. The number of rotatable bonds is 3. The van der Waals surface area contributed by atoms with E-state index in [1.54, 1.807) is 13.0 Å². The van der Waals surface area contributed by atoms with Crippen LogP contribution in [0.3, 0.4) is 0 Å². The van der Waals surface area contributed by atoms with Gasteiger partial charge >= 0.3 is 0 Å². The van der Waals surface area contributed by atoms with E-state index >= 15 is 0 Å². The van der Waals surface area contributed by atoms with Crippen LogP contribution >= 0.6 is 11.6 Å². The number of furan rings is 1. The Kier molecular flexibility index (Phi) is 6.83. The van der Waals surface area contributed by atoms with Crippen molar-refractivity contribution in [1.82, 2.24) is 0 Å². The molecule has 0 fully saturated rings. The van der Waals surface area contributed by atoms with E-state index in [1.807, 2.05) is 18.2 Å². The molecular weight excluding hydrogens is 679 g/mol. The van der Waals surface area contributed by atoms with Gasteiger partial charge in [0.25, 0.3) is 6.71 Å². The summed E-state index contributed by atoms with van der Waals surface area (Å²) in [6.45, 7) is 16.1. The molecule has 0 amide bonds. The van der Waals surface area contributed by atoms with Crippen LogP contribution in [-0.2, 0) is 16.2 Å². The van der Waals surface area contributed by atoms with Gasteiger partial charge in [-0.25, -0.2) is 0 Å². The molecule has 274 valence electrons. The molecule has 0 unspecified atom stereocenters. The van der Waals surface area contributed by atoms with Crippen molar-refractivity contribution in [3.05, 3.63) is 135 Å². The average molecular weight is 737 g/mol. The molecule has 3 heterocycles. The Bertz CT molecular complexity index is 2660. The maximum atomic E-state index is 8.62. The topological polar surface area (TPSA) is 19.6 Å². The molecular formula is C49H52BClN2O. The zero-order valence-electron chi connectivity index (χ0n) is 39.0. The van der Waals surface area contributed by atoms with Crippen molar-refractivity contribution in [1.29, 1.82) is 0 Å². The number of nitrogens with zero attached hydrogens (tertiary/aromatic N) is 2. The monoisotopic (exact) mass is 736 g/mol. The van der Waals surface area contributed by atoms with E-state index in [1.165, 1.54) is 17.2 Å². The summed E-state index contributed by atoms with van der Waals surface area (Å²) in [5.74, 6) is 0.353. The van der Waals surface area contributed by atoms with E-state index in [-0.39, 0.29) is 27.4 Å². The molecule has 0 saturated carbocycles. The van der Waals surface area contributed by atoms with Gasteiger partial charge in [-0.05, 0) is 118 Å². The van der Waals surface area contributed by atoms with E-state index in [9.17, 15) is 0 Å². The summed E-state index contributed by atoms with van der Waals surface area (Å²) < 4.78 is 57.4. The maximum absolute atomic E-state index is 8.62. The largest absolute Gasteiger partial charge is 0.468 e. The summed E-state index contributed by atoms with van der Waals surface area (Å²) in [5.41, 5.74) is 12.3. The Morgan fingerprint density at radius 3 is 1.61 bits per heavy atom. The molecule has 54 heavy (non-hydrogen) atoms. The van der Waals surface area contributed by atoms with Gasteiger partial charge in [0, 0.05) is 53.3 Å². The number of anilines is 6. The van der Waals surface area contributed by atoms with Crippen molar-refractivity contribution in [2.24, 2.45) is 0 Å². The van der Waals surface area contributed by atoms with Crippen molar-refractivity contribution in [2.45, 2.75) is 99.2 Å². The first-order chi connectivity index (χ1) is 27.7. The van der Waals surface area contributed by atoms with Gasteiger partial charge in [0.2, 0.25) is 0 Å². The van der Waals surface area contributed by atoms with E-state index < -0.39 is 20.4 Å². The summed E-state index contributed by atoms with van der Waals surface area (Å²) in [5, 5.41) is 0.567. The first kappa shape index (κ1) is 29.7. The standard InChI is InChI=1S/C49H52BClN2O/c1-29-23-30(2)44(31(3)24-29)43-28-42-46(54-43)50-38-25-34(49(10,11)12)17-22-39(38)52(36-18-13-32(14-19-36)47(4,5)6)40-26-35(51)27-41(45(40)50)53(42)37-20-15-33(16-21-37)48(7,8)9/h13-28H,1-12H3/i1D3,2D3. The number of fused-ring (bicyclic) bond motifs is 4. The quantitative estimate of drug-likeness (QED) is 0.168. The van der Waals surface area contributed by atoms with Crippen LogP contribution in [-0.4, -0.2) is 6.71 Å². The van der Waals surface area contributed by atoms with Gasteiger partial charge < -0.3 is 14.2 Å². The molecule has 0 bridgehead atoms. The summed E-state index contributed by atoms with van der Waals surface area (Å²) in [6, 6.07) is 32.8. The van der Waals surface area contributed by atoms with Crippen LogP contribution in [0.1, 0.15) is 104 Å². The predicted molar refractivity (Wildman–Crippen MR) is 233 cm³/mol. The van der Waals surface area contributed by atoms with Gasteiger partial charge in [-0.2, -0.15) is 0 Å². The molecule has 0 atom stereocenters. The van der Waals surface area contributed by atoms with E-state index in [4.69, 9.17) is 24.2 Å². The van der Waals surface area contributed by atoms with Gasteiger partial charge in [-0.3, -0.25) is 0 Å². The molecule has 3 nitrogen and oxygen atoms in total. The lowest BCUT2D eigenvalue weighted by Crippen LogP contribution is -2.61. The Labute approximate surface area is 336 Å². The van der Waals surface area contributed by atoms with Crippen LogP contribution in [0.25, 0.3) is 11.3 Å². The molecule has 0 N–H and O–H groups in total. The SMILES string of the molecule is [2H]C([2H])([2H])c1cc(C)c(-c2cc3c(o2)B2c4cc(C(C)(C)C)ccc4N(c4ccc(C(C)(C)C)cc4)c4cc(Cl)cc(c42)N3c2ccc(C(C)(C)C)cc2)c(C([2H])([2H])[2H])c1. The van der Waals surface area contributed by atoms with Crippen LogP contribution in [0, 0.1) is 20.6 Å². The third-order valence-corrected chi connectivity index (χ3v) is 11.3. The van der Waals surface area contributed by atoms with Crippen LogP contribution in [0.15, 0.2) is 101 Å². The highest BCUT2D eigenvalue weighted by atomic mass is 35.5. The third kappa shape index (κ3) is 5.98. The fourth-order valence-corrected chi connectivity index (χ4v) is 8.40. The second-order valence-electron chi connectivity index (χ2n) is 18.2. The van der Waals surface area contributed by atoms with E-state index in [0.717, 1.165) is 50.6 Å². The Morgan fingerprint density at radius 2 is 1.09 bits per heavy atom. The smallest absolute Gasteiger partial charge is 0.297 e. The second kappa shape index (κ2) is 12.4. The highest BCUT2D eigenvalue weighted by Crippen LogP contribution is 2.48. The molecule has 6 aromatic rings. The number of hydrogen-bond acceptors (Lipinski definition) is 3. The molecule has 0 saturated heterocycles. The summed E-state index contributed by atoms with van der Waals surface area (Å²) in [6.07, 6.45) is 0. The number of aryl methyl sites for hydroxylation is 3. The lowest BCUT2D eigenvalue weighted by Gasteiger charge is -2.43. The van der Waals surface area contributed by atoms with Crippen LogP contribution < -0.4 is 26.4 Å². The van der Waals surface area contributed by atoms with Gasteiger partial charge in [0.05, 0.1) is 11.3 Å². The minimum absolute atomic E-state index is 0.0232.